The van der Waals surface area contributed by atoms with E-state index >= 15 is 0 Å². The lowest BCUT2D eigenvalue weighted by molar-refractivity contribution is -0.384. The van der Waals surface area contributed by atoms with Crippen LogP contribution in [0, 0.1) is 10.1 Å². The van der Waals surface area contributed by atoms with Crippen molar-refractivity contribution >= 4 is 11.7 Å². The Balaban J connectivity index is 1.94. The molecule has 138 valence electrons. The van der Waals surface area contributed by atoms with E-state index in [1.807, 2.05) is 18.2 Å². The zero-order valence-corrected chi connectivity index (χ0v) is 14.8. The fourth-order valence-electron chi connectivity index (χ4n) is 2.73. The number of hydrogen-bond acceptors (Lipinski definition) is 6. The molecular formula is C19H17N3O5. The fourth-order valence-corrected chi connectivity index (χ4v) is 2.73. The predicted octanol–water partition coefficient (Wildman–Crippen LogP) is 3.30. The molecule has 0 unspecified atom stereocenters. The van der Waals surface area contributed by atoms with Gasteiger partial charge < -0.3 is 14.0 Å². The number of hydrogen-bond donors (Lipinski definition) is 0. The van der Waals surface area contributed by atoms with Crippen LogP contribution in [-0.4, -0.2) is 34.7 Å². The molecule has 0 fully saturated rings. The third-order valence-corrected chi connectivity index (χ3v) is 4.02. The first-order valence-electron chi connectivity index (χ1n) is 8.03. The number of carbonyl (C=O) groups is 1. The summed E-state index contributed by atoms with van der Waals surface area (Å²) in [4.78, 5) is 26.2. The van der Waals surface area contributed by atoms with Gasteiger partial charge in [0.05, 0.1) is 25.5 Å². The molecule has 0 radical (unpaired) electrons. The molecule has 8 nitrogen and oxygen atoms in total. The average Bonchev–Trinajstić information content (AvgIpc) is 3.16. The summed E-state index contributed by atoms with van der Waals surface area (Å²) < 4.78 is 11.8. The van der Waals surface area contributed by atoms with Crippen LogP contribution in [0.2, 0.25) is 0 Å². The molecule has 2 aromatic carbocycles. The molecule has 1 heterocycles. The van der Waals surface area contributed by atoms with Crippen LogP contribution >= 0.6 is 0 Å². The number of benzene rings is 2. The number of non-ortho nitro benzene ring substituents is 1. The standard InChI is InChI=1S/C19H17N3O5/c1-26-18-7-6-13(10-21-11-17(20-12-21)19(23)27-2)8-16(18)14-4-3-5-15(9-14)22(24)25/h3-9,11-12H,10H2,1-2H3. The molecule has 8 heteroatoms. The van der Waals surface area contributed by atoms with Crippen molar-refractivity contribution in [3.05, 3.63) is 76.4 Å². The van der Waals surface area contributed by atoms with E-state index in [9.17, 15) is 14.9 Å². The zero-order chi connectivity index (χ0) is 19.4. The predicted molar refractivity (Wildman–Crippen MR) is 97.8 cm³/mol. The minimum absolute atomic E-state index is 0.0114. The number of rotatable bonds is 6. The number of nitro groups is 1. The summed E-state index contributed by atoms with van der Waals surface area (Å²) in [5.41, 5.74) is 2.59. The van der Waals surface area contributed by atoms with Gasteiger partial charge in [0, 0.05) is 30.4 Å². The second kappa shape index (κ2) is 7.69. The van der Waals surface area contributed by atoms with Gasteiger partial charge in [-0.1, -0.05) is 18.2 Å². The van der Waals surface area contributed by atoms with Crippen molar-refractivity contribution in [2.24, 2.45) is 0 Å². The monoisotopic (exact) mass is 367 g/mol. The molecule has 1 aromatic heterocycles. The third-order valence-electron chi connectivity index (χ3n) is 4.02. The molecule has 0 atom stereocenters. The minimum Gasteiger partial charge on any atom is -0.496 e. The summed E-state index contributed by atoms with van der Waals surface area (Å²) >= 11 is 0. The van der Waals surface area contributed by atoms with Gasteiger partial charge >= 0.3 is 5.97 Å². The maximum absolute atomic E-state index is 11.5. The Morgan fingerprint density at radius 2 is 2.04 bits per heavy atom. The molecule has 0 bridgehead atoms. The molecule has 0 N–H and O–H groups in total. The zero-order valence-electron chi connectivity index (χ0n) is 14.8. The lowest BCUT2D eigenvalue weighted by Crippen LogP contribution is -2.02. The summed E-state index contributed by atoms with van der Waals surface area (Å²) in [6.07, 6.45) is 3.15. The Morgan fingerprint density at radius 3 is 2.74 bits per heavy atom. The van der Waals surface area contributed by atoms with E-state index in [1.54, 1.807) is 36.3 Å². The lowest BCUT2D eigenvalue weighted by Gasteiger charge is -2.11. The molecule has 0 amide bonds. The summed E-state index contributed by atoms with van der Waals surface area (Å²) in [6, 6.07) is 12.0. The number of ether oxygens (including phenoxy) is 2. The van der Waals surface area contributed by atoms with Crippen molar-refractivity contribution < 1.29 is 19.2 Å². The number of imidazole rings is 1. The number of nitrogens with zero attached hydrogens (tertiary/aromatic N) is 3. The molecule has 0 aliphatic carbocycles. The van der Waals surface area contributed by atoms with Crippen molar-refractivity contribution in [2.75, 3.05) is 14.2 Å². The van der Waals surface area contributed by atoms with Crippen molar-refractivity contribution in [3.63, 3.8) is 0 Å². The Bertz CT molecular complexity index is 997. The summed E-state index contributed by atoms with van der Waals surface area (Å²) in [6.45, 7) is 0.468. The van der Waals surface area contributed by atoms with E-state index in [1.165, 1.54) is 19.2 Å². The van der Waals surface area contributed by atoms with Gasteiger partial charge in [-0.25, -0.2) is 9.78 Å². The minimum atomic E-state index is -0.499. The highest BCUT2D eigenvalue weighted by molar-refractivity contribution is 5.86. The number of carbonyl (C=O) groups excluding carboxylic acids is 1. The SMILES string of the molecule is COC(=O)c1cn(Cc2ccc(OC)c(-c3cccc([N+](=O)[O-])c3)c2)cn1. The molecule has 0 aliphatic rings. The fraction of sp³-hybridized carbons (Fsp3) is 0.158. The van der Waals surface area contributed by atoms with Crippen LogP contribution in [0.15, 0.2) is 55.0 Å². The lowest BCUT2D eigenvalue weighted by atomic mass is 10.0. The van der Waals surface area contributed by atoms with Crippen LogP contribution in [0.25, 0.3) is 11.1 Å². The van der Waals surface area contributed by atoms with Crippen LogP contribution in [0.4, 0.5) is 5.69 Å². The van der Waals surface area contributed by atoms with Crippen molar-refractivity contribution in [3.8, 4) is 16.9 Å². The quantitative estimate of drug-likeness (QED) is 0.377. The first-order valence-corrected chi connectivity index (χ1v) is 8.03. The number of aromatic nitrogens is 2. The maximum atomic E-state index is 11.5. The second-order valence-electron chi connectivity index (χ2n) is 5.76. The summed E-state index contributed by atoms with van der Waals surface area (Å²) in [5, 5.41) is 11.1. The van der Waals surface area contributed by atoms with Crippen molar-refractivity contribution in [1.82, 2.24) is 9.55 Å². The molecule has 3 rings (SSSR count). The smallest absolute Gasteiger partial charge is 0.358 e. The number of esters is 1. The first-order chi connectivity index (χ1) is 13.0. The third kappa shape index (κ3) is 3.95. The highest BCUT2D eigenvalue weighted by Gasteiger charge is 2.13. The molecule has 0 saturated carbocycles. The Kier molecular flexibility index (Phi) is 5.16. The Hall–Kier alpha value is -3.68. The summed E-state index contributed by atoms with van der Waals surface area (Å²) in [5.74, 6) is 0.112. The van der Waals surface area contributed by atoms with E-state index in [4.69, 9.17) is 4.74 Å². The van der Waals surface area contributed by atoms with E-state index < -0.39 is 10.9 Å². The second-order valence-corrected chi connectivity index (χ2v) is 5.76. The molecule has 27 heavy (non-hydrogen) atoms. The van der Waals surface area contributed by atoms with Crippen LogP contribution < -0.4 is 4.74 Å². The molecule has 0 aliphatic heterocycles. The number of nitro benzene ring substituents is 1. The van der Waals surface area contributed by atoms with Crippen molar-refractivity contribution in [2.45, 2.75) is 6.54 Å². The van der Waals surface area contributed by atoms with E-state index in [0.717, 1.165) is 11.1 Å². The molecule has 3 aromatic rings. The van der Waals surface area contributed by atoms with Gasteiger partial charge in [-0.05, 0) is 23.3 Å². The molecule has 0 saturated heterocycles. The average molecular weight is 367 g/mol. The topological polar surface area (TPSA) is 96.5 Å². The van der Waals surface area contributed by atoms with Gasteiger partial charge in [0.1, 0.15) is 5.75 Å². The van der Waals surface area contributed by atoms with Crippen LogP contribution in [0.5, 0.6) is 5.75 Å². The first kappa shape index (κ1) is 18.1. The van der Waals surface area contributed by atoms with Crippen LogP contribution in [0.3, 0.4) is 0 Å². The molecule has 0 spiro atoms. The van der Waals surface area contributed by atoms with Gasteiger partial charge in [-0.3, -0.25) is 10.1 Å². The highest BCUT2D eigenvalue weighted by atomic mass is 16.6. The van der Waals surface area contributed by atoms with E-state index in [0.29, 0.717) is 17.9 Å². The highest BCUT2D eigenvalue weighted by Crippen LogP contribution is 2.33. The van der Waals surface area contributed by atoms with Gasteiger partial charge in [-0.2, -0.15) is 0 Å². The van der Waals surface area contributed by atoms with Crippen LogP contribution in [0.1, 0.15) is 16.1 Å². The van der Waals surface area contributed by atoms with E-state index in [-0.39, 0.29) is 11.4 Å². The normalized spacial score (nSPS) is 10.4. The largest absolute Gasteiger partial charge is 0.496 e. The Labute approximate surface area is 155 Å². The summed E-state index contributed by atoms with van der Waals surface area (Å²) in [7, 11) is 2.85. The Morgan fingerprint density at radius 1 is 1.22 bits per heavy atom. The number of methoxy groups -OCH3 is 2. The van der Waals surface area contributed by atoms with Gasteiger partial charge in [-0.15, -0.1) is 0 Å². The van der Waals surface area contributed by atoms with Gasteiger partial charge in [0.25, 0.3) is 5.69 Å². The van der Waals surface area contributed by atoms with Gasteiger partial charge in [0.15, 0.2) is 5.69 Å². The molecular weight excluding hydrogens is 350 g/mol. The van der Waals surface area contributed by atoms with Gasteiger partial charge in [0.2, 0.25) is 0 Å². The van der Waals surface area contributed by atoms with Crippen molar-refractivity contribution in [1.29, 1.82) is 0 Å². The van der Waals surface area contributed by atoms with E-state index in [2.05, 4.69) is 9.72 Å². The maximum Gasteiger partial charge on any atom is 0.358 e. The van der Waals surface area contributed by atoms with Crippen LogP contribution in [-0.2, 0) is 11.3 Å².